The average molecular weight is 632 g/mol. The van der Waals surface area contributed by atoms with Gasteiger partial charge in [0.15, 0.2) is 0 Å². The van der Waals surface area contributed by atoms with Crippen LogP contribution in [0.2, 0.25) is 0 Å². The third-order valence-corrected chi connectivity index (χ3v) is 11.4. The van der Waals surface area contributed by atoms with Crippen molar-refractivity contribution in [3.63, 3.8) is 0 Å². The fourth-order valence-electron chi connectivity index (χ4n) is 7.08. The van der Waals surface area contributed by atoms with Crippen molar-refractivity contribution >= 4 is 46.8 Å². The lowest BCUT2D eigenvalue weighted by molar-refractivity contribution is -0.184. The maximum Gasteiger partial charge on any atom is 0.394 e. The van der Waals surface area contributed by atoms with E-state index in [1.807, 2.05) is 0 Å². The Labute approximate surface area is 247 Å². The average Bonchev–Trinajstić information content (AvgIpc) is 3.46. The van der Waals surface area contributed by atoms with Crippen LogP contribution in [0.15, 0.2) is 0 Å². The quantitative estimate of drug-likeness (QED) is 0.230. The van der Waals surface area contributed by atoms with Crippen LogP contribution < -0.4 is 26.6 Å². The van der Waals surface area contributed by atoms with Crippen LogP contribution in [0.5, 0.6) is 0 Å². The van der Waals surface area contributed by atoms with Gasteiger partial charge >= 0.3 is 6.18 Å². The number of likely N-dealkylation sites (tertiary alicyclic amines) is 1. The minimum Gasteiger partial charge on any atom is -0.380 e. The summed E-state index contributed by atoms with van der Waals surface area (Å²) < 4.78 is 45.1. The van der Waals surface area contributed by atoms with Crippen molar-refractivity contribution in [1.29, 1.82) is 0 Å². The summed E-state index contributed by atoms with van der Waals surface area (Å²) in [7, 11) is 1.71. The highest BCUT2D eigenvalue weighted by atomic mass is 35.5. The maximum atomic E-state index is 13.6. The lowest BCUT2D eigenvalue weighted by atomic mass is 9.70. The zero-order valence-corrected chi connectivity index (χ0v) is 24.9. The van der Waals surface area contributed by atoms with Gasteiger partial charge in [-0.2, -0.15) is 13.2 Å². The number of hydrogen-bond acceptors (Lipinski definition) is 8. The molecule has 0 aliphatic carbocycles. The van der Waals surface area contributed by atoms with Gasteiger partial charge in [0.25, 0.3) is 0 Å². The molecule has 5 saturated heterocycles. The molecule has 0 spiro atoms. The van der Waals surface area contributed by atoms with Crippen molar-refractivity contribution in [1.82, 2.24) is 31.5 Å². The first kappa shape index (κ1) is 30.9. The van der Waals surface area contributed by atoms with Gasteiger partial charge in [0.1, 0.15) is 5.50 Å². The van der Waals surface area contributed by atoms with Crippen molar-refractivity contribution < 1.29 is 27.5 Å². The number of piperidine rings is 3. The second kappa shape index (κ2) is 12.6. The van der Waals surface area contributed by atoms with Gasteiger partial charge in [0.2, 0.25) is 11.8 Å². The molecule has 12 unspecified atom stereocenters. The van der Waals surface area contributed by atoms with Crippen molar-refractivity contribution in [2.45, 2.75) is 84.8 Å². The zero-order chi connectivity index (χ0) is 28.8. The minimum absolute atomic E-state index is 0.00505. The molecule has 228 valence electrons. The number of rotatable bonds is 5. The molecule has 40 heavy (non-hydrogen) atoms. The van der Waals surface area contributed by atoms with Crippen LogP contribution in [-0.4, -0.2) is 102 Å². The Balaban J connectivity index is 1.14. The predicted molar refractivity (Wildman–Crippen MR) is 148 cm³/mol. The summed E-state index contributed by atoms with van der Waals surface area (Å²) in [5.74, 6) is -1.81. The topological polar surface area (TPSA) is 107 Å². The SMILES string of the molecule is COC1CNC(Cl)CC1C1CC(C)NCC1C(=O)NC1NC2CN(C(=O)C3CCC(C(F)(F)F)C(Cl)N3)CC2S1. The first-order valence-corrected chi connectivity index (χ1v) is 15.9. The molecule has 0 radical (unpaired) electrons. The van der Waals surface area contributed by atoms with Crippen LogP contribution in [0.4, 0.5) is 13.2 Å². The third kappa shape index (κ3) is 6.66. The molecule has 5 rings (SSSR count). The van der Waals surface area contributed by atoms with Gasteiger partial charge in [-0.25, -0.2) is 0 Å². The van der Waals surface area contributed by atoms with Gasteiger partial charge < -0.3 is 20.3 Å². The Hall–Kier alpha value is -0.540. The number of nitrogens with one attached hydrogen (secondary N) is 5. The van der Waals surface area contributed by atoms with Crippen molar-refractivity contribution in [3.8, 4) is 0 Å². The highest BCUT2D eigenvalue weighted by Gasteiger charge is 2.50. The van der Waals surface area contributed by atoms with Gasteiger partial charge in [0.05, 0.1) is 35.0 Å². The van der Waals surface area contributed by atoms with E-state index in [4.69, 9.17) is 27.9 Å². The Morgan fingerprint density at radius 3 is 2.50 bits per heavy atom. The van der Waals surface area contributed by atoms with Gasteiger partial charge in [-0.3, -0.25) is 25.5 Å². The lowest BCUT2D eigenvalue weighted by Crippen LogP contribution is -2.58. The Morgan fingerprint density at radius 2 is 1.82 bits per heavy atom. The molecule has 12 atom stereocenters. The summed E-state index contributed by atoms with van der Waals surface area (Å²) >= 11 is 14.0. The molecule has 9 nitrogen and oxygen atoms in total. The van der Waals surface area contributed by atoms with E-state index in [0.717, 1.165) is 12.8 Å². The second-order valence-corrected chi connectivity index (χ2v) is 14.1. The van der Waals surface area contributed by atoms with Crippen LogP contribution in [0, 0.1) is 23.7 Å². The Morgan fingerprint density at radius 1 is 1.05 bits per heavy atom. The smallest absolute Gasteiger partial charge is 0.380 e. The number of halogens is 5. The Kier molecular flexibility index (Phi) is 9.73. The molecular weight excluding hydrogens is 592 g/mol. The molecule has 5 heterocycles. The summed E-state index contributed by atoms with van der Waals surface area (Å²) in [5.41, 5.74) is -1.75. The number of hydrogen-bond donors (Lipinski definition) is 5. The molecule has 0 aromatic heterocycles. The fraction of sp³-hybridized carbons (Fsp3) is 0.920. The van der Waals surface area contributed by atoms with E-state index in [9.17, 15) is 22.8 Å². The summed E-state index contributed by atoms with van der Waals surface area (Å²) in [6, 6.07) is -0.446. The molecule has 0 aromatic rings. The summed E-state index contributed by atoms with van der Waals surface area (Å²) in [6.07, 6.45) is -2.88. The normalized spacial score (nSPS) is 44.3. The maximum absolute atomic E-state index is 13.6. The summed E-state index contributed by atoms with van der Waals surface area (Å²) in [5, 5.41) is 16.1. The van der Waals surface area contributed by atoms with E-state index < -0.39 is 23.6 Å². The largest absolute Gasteiger partial charge is 0.394 e. The van der Waals surface area contributed by atoms with E-state index in [1.165, 1.54) is 0 Å². The first-order valence-electron chi connectivity index (χ1n) is 14.1. The molecule has 5 aliphatic heterocycles. The number of thioether (sulfide) groups is 1. The number of carbonyl (C=O) groups is 2. The number of alkyl halides is 5. The fourth-order valence-corrected chi connectivity index (χ4v) is 9.20. The van der Waals surface area contributed by atoms with Gasteiger partial charge in [-0.1, -0.05) is 0 Å². The highest BCUT2D eigenvalue weighted by Crippen LogP contribution is 2.40. The molecule has 2 amide bonds. The van der Waals surface area contributed by atoms with Crippen LogP contribution >= 0.6 is 35.0 Å². The van der Waals surface area contributed by atoms with E-state index >= 15 is 0 Å². The van der Waals surface area contributed by atoms with E-state index in [0.29, 0.717) is 32.2 Å². The zero-order valence-electron chi connectivity index (χ0n) is 22.6. The second-order valence-electron chi connectivity index (χ2n) is 11.8. The Bertz CT molecular complexity index is 927. The van der Waals surface area contributed by atoms with Gasteiger partial charge in [0, 0.05) is 50.6 Å². The monoisotopic (exact) mass is 630 g/mol. The van der Waals surface area contributed by atoms with Crippen molar-refractivity contribution in [3.05, 3.63) is 0 Å². The van der Waals surface area contributed by atoms with E-state index in [2.05, 4.69) is 33.5 Å². The first-order chi connectivity index (χ1) is 18.9. The van der Waals surface area contributed by atoms with Crippen molar-refractivity contribution in [2.75, 3.05) is 33.3 Å². The number of nitrogens with zero attached hydrogens (tertiary/aromatic N) is 1. The highest BCUT2D eigenvalue weighted by molar-refractivity contribution is 8.00. The number of methoxy groups -OCH3 is 1. The van der Waals surface area contributed by atoms with Gasteiger partial charge in [-0.05, 0) is 44.4 Å². The molecular formula is C25H39Cl2F3N6O3S. The molecule has 0 saturated carbocycles. The minimum atomic E-state index is -4.39. The number of ether oxygens (including phenoxy) is 1. The molecule has 5 aliphatic rings. The van der Waals surface area contributed by atoms with Crippen LogP contribution in [0.3, 0.4) is 0 Å². The van der Waals surface area contributed by atoms with Gasteiger partial charge in [-0.15, -0.1) is 35.0 Å². The number of fused-ring (bicyclic) bond motifs is 1. The molecule has 0 aromatic carbocycles. The van der Waals surface area contributed by atoms with Crippen LogP contribution in [0.1, 0.15) is 32.6 Å². The predicted octanol–water partition coefficient (Wildman–Crippen LogP) is 1.60. The number of carbonyl (C=O) groups excluding carboxylic acids is 2. The van der Waals surface area contributed by atoms with Crippen molar-refractivity contribution in [2.24, 2.45) is 23.7 Å². The van der Waals surface area contributed by atoms with Crippen LogP contribution in [0.25, 0.3) is 0 Å². The molecule has 15 heteroatoms. The lowest BCUT2D eigenvalue weighted by Gasteiger charge is -2.45. The summed E-state index contributed by atoms with van der Waals surface area (Å²) in [6.45, 7) is 4.28. The molecule has 5 fully saturated rings. The van der Waals surface area contributed by atoms with Crippen LogP contribution in [-0.2, 0) is 14.3 Å². The molecule has 5 N–H and O–H groups in total. The molecule has 0 bridgehead atoms. The van der Waals surface area contributed by atoms with E-state index in [1.54, 1.807) is 23.8 Å². The third-order valence-electron chi connectivity index (χ3n) is 9.24. The number of amides is 2. The summed E-state index contributed by atoms with van der Waals surface area (Å²) in [4.78, 5) is 28.3. The van der Waals surface area contributed by atoms with E-state index in [-0.39, 0.29) is 70.8 Å². The standard InChI is InChI=1S/C25H39Cl2F3N6O3S/c1-11-5-12(13-6-20(26)32-8-18(13)39-2)14(7-31-11)22(37)35-24-34-17-9-36(10-19(17)40-24)23(38)16-4-3-15(21(27)33-16)25(28,29)30/h11-21,24,31-34H,3-10H2,1-2H3,(H,35,37).